The Morgan fingerprint density at radius 3 is 2.79 bits per heavy atom. The quantitative estimate of drug-likeness (QED) is 0.612. The Morgan fingerprint density at radius 2 is 2.07 bits per heavy atom. The molecule has 0 atom stereocenters. The number of carbonyl (C=O) groups excluding carboxylic acids is 1. The van der Waals surface area contributed by atoms with Gasteiger partial charge in [0.2, 0.25) is 0 Å². The molecule has 148 valence electrons. The first-order chi connectivity index (χ1) is 13.4. The Labute approximate surface area is 171 Å². The number of hydrogen-bond donors (Lipinski definition) is 1. The minimum atomic E-state index is -2.97. The summed E-state index contributed by atoms with van der Waals surface area (Å²) in [6.07, 6.45) is 0.882. The van der Waals surface area contributed by atoms with Crippen LogP contribution < -0.4 is 5.32 Å². The van der Waals surface area contributed by atoms with Gasteiger partial charge >= 0.3 is 0 Å². The number of thioether (sulfide) groups is 1. The Balaban J connectivity index is 1.56. The first-order valence-corrected chi connectivity index (χ1v) is 12.7. The van der Waals surface area contributed by atoms with E-state index in [0.29, 0.717) is 29.9 Å². The number of amides is 1. The number of nitrogens with one attached hydrogen (secondary N) is 1. The van der Waals surface area contributed by atoms with E-state index in [1.54, 1.807) is 23.1 Å². The van der Waals surface area contributed by atoms with Crippen LogP contribution in [-0.2, 0) is 15.6 Å². The number of fused-ring (bicyclic) bond motifs is 1. The Kier molecular flexibility index (Phi) is 5.48. The Bertz CT molecular complexity index is 1100. The minimum Gasteiger partial charge on any atom is -0.451 e. The van der Waals surface area contributed by atoms with Crippen LogP contribution in [0.1, 0.15) is 34.7 Å². The van der Waals surface area contributed by atoms with E-state index in [-0.39, 0.29) is 23.5 Å². The van der Waals surface area contributed by atoms with E-state index in [0.717, 1.165) is 21.0 Å². The number of aryl methyl sites for hydroxylation is 1. The standard InChI is InChI=1S/C19H20N2O4S3/c1-12-10-26-19(20-12)27-11-15-14-4-2-3-5-16(14)25-17(15)18(22)21-13-6-8-28(23,24)9-7-13/h2-5,10,13H,6-9,11H2,1H3,(H,21,22). The molecule has 1 aliphatic rings. The third-order valence-corrected chi connectivity index (χ3v) is 8.61. The van der Waals surface area contributed by atoms with Crippen LogP contribution in [0.5, 0.6) is 0 Å². The molecule has 3 aromatic rings. The van der Waals surface area contributed by atoms with Crippen LogP contribution >= 0.6 is 23.1 Å². The van der Waals surface area contributed by atoms with E-state index in [1.807, 2.05) is 36.6 Å². The van der Waals surface area contributed by atoms with Crippen molar-refractivity contribution >= 4 is 49.8 Å². The molecular formula is C19H20N2O4S3. The third kappa shape index (κ3) is 4.26. The monoisotopic (exact) mass is 436 g/mol. The van der Waals surface area contributed by atoms with E-state index in [4.69, 9.17) is 4.42 Å². The van der Waals surface area contributed by atoms with Crippen LogP contribution in [0.2, 0.25) is 0 Å². The van der Waals surface area contributed by atoms with Crippen LogP contribution in [-0.4, -0.2) is 36.9 Å². The molecule has 28 heavy (non-hydrogen) atoms. The molecule has 1 aromatic carbocycles. The lowest BCUT2D eigenvalue weighted by Gasteiger charge is -2.22. The average Bonchev–Trinajstić information content (AvgIpc) is 3.25. The topological polar surface area (TPSA) is 89.3 Å². The Morgan fingerprint density at radius 1 is 1.32 bits per heavy atom. The van der Waals surface area contributed by atoms with E-state index in [9.17, 15) is 13.2 Å². The summed E-state index contributed by atoms with van der Waals surface area (Å²) in [5.41, 5.74) is 2.49. The van der Waals surface area contributed by atoms with E-state index >= 15 is 0 Å². The van der Waals surface area contributed by atoms with Crippen LogP contribution in [0.4, 0.5) is 0 Å². The molecule has 0 radical (unpaired) electrons. The molecule has 0 bridgehead atoms. The van der Waals surface area contributed by atoms with Crippen LogP contribution in [0.25, 0.3) is 11.0 Å². The Hall–Kier alpha value is -1.84. The van der Waals surface area contributed by atoms with Crippen molar-refractivity contribution < 1.29 is 17.6 Å². The summed E-state index contributed by atoms with van der Waals surface area (Å²) in [6.45, 7) is 1.96. The maximum absolute atomic E-state index is 12.9. The molecule has 0 unspecified atom stereocenters. The van der Waals surface area contributed by atoms with Gasteiger partial charge in [-0.1, -0.05) is 30.0 Å². The number of carbonyl (C=O) groups is 1. The SMILES string of the molecule is Cc1csc(SCc2c(C(=O)NC3CCS(=O)(=O)CC3)oc3ccccc23)n1. The molecule has 2 aromatic heterocycles. The smallest absolute Gasteiger partial charge is 0.287 e. The van der Waals surface area contributed by atoms with Crippen molar-refractivity contribution in [2.24, 2.45) is 0 Å². The van der Waals surface area contributed by atoms with Gasteiger partial charge in [-0.3, -0.25) is 4.79 Å². The zero-order valence-electron chi connectivity index (χ0n) is 15.3. The van der Waals surface area contributed by atoms with E-state index in [2.05, 4.69) is 10.3 Å². The minimum absolute atomic E-state index is 0.115. The van der Waals surface area contributed by atoms with Gasteiger partial charge in [0.1, 0.15) is 19.8 Å². The molecule has 1 amide bonds. The van der Waals surface area contributed by atoms with Crippen molar-refractivity contribution in [2.45, 2.75) is 35.9 Å². The van der Waals surface area contributed by atoms with Gasteiger partial charge in [-0.15, -0.1) is 11.3 Å². The van der Waals surface area contributed by atoms with Crippen molar-refractivity contribution in [1.29, 1.82) is 0 Å². The molecule has 1 N–H and O–H groups in total. The molecule has 0 aliphatic carbocycles. The fourth-order valence-electron chi connectivity index (χ4n) is 3.24. The number of aromatic nitrogens is 1. The predicted octanol–water partition coefficient (Wildman–Crippen LogP) is 3.80. The fourth-order valence-corrected chi connectivity index (χ4v) is 6.61. The molecule has 4 rings (SSSR count). The summed E-state index contributed by atoms with van der Waals surface area (Å²) in [7, 11) is -2.97. The van der Waals surface area contributed by atoms with Gasteiger partial charge in [0.05, 0.1) is 11.5 Å². The van der Waals surface area contributed by atoms with Gasteiger partial charge < -0.3 is 9.73 Å². The molecule has 1 aliphatic heterocycles. The lowest BCUT2D eigenvalue weighted by molar-refractivity contribution is 0.0907. The van der Waals surface area contributed by atoms with Crippen LogP contribution in [0, 0.1) is 6.92 Å². The van der Waals surface area contributed by atoms with Gasteiger partial charge in [-0.25, -0.2) is 13.4 Å². The highest BCUT2D eigenvalue weighted by atomic mass is 32.2. The zero-order chi connectivity index (χ0) is 19.7. The molecule has 1 fully saturated rings. The van der Waals surface area contributed by atoms with Crippen molar-refractivity contribution in [2.75, 3.05) is 11.5 Å². The summed E-state index contributed by atoms with van der Waals surface area (Å²) in [5.74, 6) is 0.821. The fraction of sp³-hybridized carbons (Fsp3) is 0.368. The normalized spacial score (nSPS) is 17.0. The first kappa shape index (κ1) is 19.5. The molecule has 3 heterocycles. The summed E-state index contributed by atoms with van der Waals surface area (Å²) in [5, 5.41) is 5.87. The molecule has 1 saturated heterocycles. The number of rotatable bonds is 5. The summed E-state index contributed by atoms with van der Waals surface area (Å²) in [6, 6.07) is 7.45. The second-order valence-electron chi connectivity index (χ2n) is 6.85. The molecule has 0 spiro atoms. The third-order valence-electron chi connectivity index (χ3n) is 4.73. The molecule has 6 nitrogen and oxygen atoms in total. The second-order valence-corrected chi connectivity index (χ2v) is 11.2. The van der Waals surface area contributed by atoms with Crippen molar-refractivity contribution in [3.63, 3.8) is 0 Å². The average molecular weight is 437 g/mol. The van der Waals surface area contributed by atoms with Gasteiger partial charge in [0, 0.05) is 33.8 Å². The van der Waals surface area contributed by atoms with E-state index < -0.39 is 9.84 Å². The number of benzene rings is 1. The lowest BCUT2D eigenvalue weighted by atomic mass is 10.1. The maximum Gasteiger partial charge on any atom is 0.287 e. The number of sulfone groups is 1. The number of hydrogen-bond acceptors (Lipinski definition) is 7. The molecule has 9 heteroatoms. The van der Waals surface area contributed by atoms with Gasteiger partial charge in [-0.05, 0) is 25.8 Å². The van der Waals surface area contributed by atoms with Gasteiger partial charge in [-0.2, -0.15) is 0 Å². The van der Waals surface area contributed by atoms with Crippen molar-refractivity contribution in [1.82, 2.24) is 10.3 Å². The lowest BCUT2D eigenvalue weighted by Crippen LogP contribution is -2.41. The van der Waals surface area contributed by atoms with Crippen LogP contribution in [0.3, 0.4) is 0 Å². The zero-order valence-corrected chi connectivity index (χ0v) is 17.8. The second kappa shape index (κ2) is 7.88. The highest BCUT2D eigenvalue weighted by Gasteiger charge is 2.27. The predicted molar refractivity (Wildman–Crippen MR) is 112 cm³/mol. The molecular weight excluding hydrogens is 416 g/mol. The first-order valence-electron chi connectivity index (χ1n) is 8.98. The van der Waals surface area contributed by atoms with Crippen molar-refractivity contribution in [3.05, 3.63) is 46.7 Å². The highest BCUT2D eigenvalue weighted by Crippen LogP contribution is 2.33. The molecule has 0 saturated carbocycles. The number of thiazole rings is 1. The summed E-state index contributed by atoms with van der Waals surface area (Å²) in [4.78, 5) is 17.4. The van der Waals surface area contributed by atoms with Gasteiger partial charge in [0.25, 0.3) is 5.91 Å². The van der Waals surface area contributed by atoms with E-state index in [1.165, 1.54) is 0 Å². The van der Waals surface area contributed by atoms with Gasteiger partial charge in [0.15, 0.2) is 5.76 Å². The number of furan rings is 1. The largest absolute Gasteiger partial charge is 0.451 e. The summed E-state index contributed by atoms with van der Waals surface area (Å²) < 4.78 is 30.0. The highest BCUT2D eigenvalue weighted by molar-refractivity contribution is 8.00. The van der Waals surface area contributed by atoms with Crippen molar-refractivity contribution in [3.8, 4) is 0 Å². The maximum atomic E-state index is 12.9. The summed E-state index contributed by atoms with van der Waals surface area (Å²) >= 11 is 3.16. The number of nitrogens with zero attached hydrogens (tertiary/aromatic N) is 1. The number of para-hydroxylation sites is 1. The van der Waals surface area contributed by atoms with Crippen LogP contribution in [0.15, 0.2) is 38.4 Å².